The summed E-state index contributed by atoms with van der Waals surface area (Å²) in [5.74, 6) is 2.40. The van der Waals surface area contributed by atoms with Crippen LogP contribution in [0.5, 0.6) is 0 Å². The molecule has 1 unspecified atom stereocenters. The van der Waals surface area contributed by atoms with Crippen molar-refractivity contribution < 1.29 is 9.84 Å². The Morgan fingerprint density at radius 2 is 2.20 bits per heavy atom. The molecule has 56 valence electrons. The van der Waals surface area contributed by atoms with Crippen LogP contribution in [0.1, 0.15) is 19.3 Å². The van der Waals surface area contributed by atoms with Crippen molar-refractivity contribution in [2.24, 2.45) is 0 Å². The van der Waals surface area contributed by atoms with Crippen LogP contribution in [-0.4, -0.2) is 23.9 Å². The highest BCUT2D eigenvalue weighted by molar-refractivity contribution is 5.07. The molecule has 1 atom stereocenters. The molecule has 1 rings (SSSR count). The SMILES string of the molecule is C#CC1(O)CCCOCC1. The average molecular weight is 140 g/mol. The normalized spacial score (nSPS) is 34.4. The first kappa shape index (κ1) is 7.59. The van der Waals surface area contributed by atoms with Gasteiger partial charge in [-0.2, -0.15) is 0 Å². The first-order valence-corrected chi connectivity index (χ1v) is 3.55. The summed E-state index contributed by atoms with van der Waals surface area (Å²) in [6.45, 7) is 1.31. The molecule has 1 aliphatic heterocycles. The number of hydrogen-bond acceptors (Lipinski definition) is 2. The molecule has 0 saturated carbocycles. The van der Waals surface area contributed by atoms with Crippen LogP contribution >= 0.6 is 0 Å². The Morgan fingerprint density at radius 3 is 2.90 bits per heavy atom. The fourth-order valence-corrected chi connectivity index (χ4v) is 1.08. The van der Waals surface area contributed by atoms with Crippen LogP contribution in [0.15, 0.2) is 0 Å². The first-order valence-electron chi connectivity index (χ1n) is 3.55. The van der Waals surface area contributed by atoms with Crippen LogP contribution in [-0.2, 0) is 4.74 Å². The van der Waals surface area contributed by atoms with E-state index in [1.165, 1.54) is 0 Å². The zero-order valence-electron chi connectivity index (χ0n) is 5.97. The number of aliphatic hydroxyl groups is 1. The lowest BCUT2D eigenvalue weighted by Gasteiger charge is -2.17. The summed E-state index contributed by atoms with van der Waals surface area (Å²) in [5, 5.41) is 9.54. The first-order chi connectivity index (χ1) is 4.77. The molecule has 1 aliphatic rings. The van der Waals surface area contributed by atoms with Crippen LogP contribution < -0.4 is 0 Å². The molecule has 10 heavy (non-hydrogen) atoms. The molecule has 1 heterocycles. The van der Waals surface area contributed by atoms with Crippen LogP contribution in [0, 0.1) is 12.3 Å². The number of ether oxygens (including phenoxy) is 1. The van der Waals surface area contributed by atoms with Crippen LogP contribution in [0.3, 0.4) is 0 Å². The second kappa shape index (κ2) is 3.05. The van der Waals surface area contributed by atoms with Gasteiger partial charge in [-0.1, -0.05) is 5.92 Å². The summed E-state index contributed by atoms with van der Waals surface area (Å²) in [7, 11) is 0. The lowest BCUT2D eigenvalue weighted by Crippen LogP contribution is -2.26. The van der Waals surface area contributed by atoms with Crippen molar-refractivity contribution in [3.8, 4) is 12.3 Å². The molecule has 0 radical (unpaired) electrons. The van der Waals surface area contributed by atoms with Gasteiger partial charge in [0, 0.05) is 13.0 Å². The fraction of sp³-hybridized carbons (Fsp3) is 0.750. The molecule has 1 saturated heterocycles. The quantitative estimate of drug-likeness (QED) is 0.498. The van der Waals surface area contributed by atoms with Gasteiger partial charge in [-0.25, -0.2) is 0 Å². The summed E-state index contributed by atoms with van der Waals surface area (Å²) in [6.07, 6.45) is 7.26. The maximum absolute atomic E-state index is 9.54. The van der Waals surface area contributed by atoms with Gasteiger partial charge in [0.05, 0.1) is 6.61 Å². The summed E-state index contributed by atoms with van der Waals surface area (Å²) in [4.78, 5) is 0. The molecule has 1 N–H and O–H groups in total. The van der Waals surface area contributed by atoms with Crippen molar-refractivity contribution in [3.63, 3.8) is 0 Å². The topological polar surface area (TPSA) is 29.5 Å². The third-order valence-corrected chi connectivity index (χ3v) is 1.81. The van der Waals surface area contributed by atoms with E-state index in [4.69, 9.17) is 11.2 Å². The number of rotatable bonds is 0. The third kappa shape index (κ3) is 1.73. The van der Waals surface area contributed by atoms with Crippen molar-refractivity contribution in [2.75, 3.05) is 13.2 Å². The summed E-state index contributed by atoms with van der Waals surface area (Å²) in [5.41, 5.74) is -0.892. The Bertz CT molecular complexity index is 138. The minimum absolute atomic E-state index is 0.573. The van der Waals surface area contributed by atoms with Gasteiger partial charge in [-0.15, -0.1) is 6.42 Å². The monoisotopic (exact) mass is 140 g/mol. The van der Waals surface area contributed by atoms with Crippen LogP contribution in [0.4, 0.5) is 0 Å². The van der Waals surface area contributed by atoms with Gasteiger partial charge in [0.2, 0.25) is 0 Å². The Hall–Kier alpha value is -0.520. The lowest BCUT2D eigenvalue weighted by molar-refractivity contribution is 0.0716. The Kier molecular flexibility index (Phi) is 2.31. The van der Waals surface area contributed by atoms with Crippen LogP contribution in [0.2, 0.25) is 0 Å². The highest BCUT2D eigenvalue weighted by atomic mass is 16.5. The summed E-state index contributed by atoms with van der Waals surface area (Å²) in [6, 6.07) is 0. The predicted octanol–water partition coefficient (Wildman–Crippen LogP) is 0.551. The van der Waals surface area contributed by atoms with E-state index in [9.17, 15) is 5.11 Å². The molecule has 2 heteroatoms. The molecule has 0 spiro atoms. The molecule has 0 bridgehead atoms. The van der Waals surface area contributed by atoms with Crippen molar-refractivity contribution in [1.82, 2.24) is 0 Å². The molecule has 1 fully saturated rings. The maximum Gasteiger partial charge on any atom is 0.127 e. The number of terminal acetylenes is 1. The Morgan fingerprint density at radius 1 is 1.40 bits per heavy atom. The van der Waals surface area contributed by atoms with Gasteiger partial charge in [0.1, 0.15) is 5.60 Å². The van der Waals surface area contributed by atoms with E-state index in [1.807, 2.05) is 0 Å². The fourth-order valence-electron chi connectivity index (χ4n) is 1.08. The van der Waals surface area contributed by atoms with Gasteiger partial charge >= 0.3 is 0 Å². The third-order valence-electron chi connectivity index (χ3n) is 1.81. The summed E-state index contributed by atoms with van der Waals surface area (Å²) >= 11 is 0. The lowest BCUT2D eigenvalue weighted by atomic mass is 9.96. The second-order valence-electron chi connectivity index (χ2n) is 2.64. The highest BCUT2D eigenvalue weighted by Gasteiger charge is 2.24. The van der Waals surface area contributed by atoms with Gasteiger partial charge < -0.3 is 9.84 Å². The second-order valence-corrected chi connectivity index (χ2v) is 2.64. The molecular formula is C8H12O2. The van der Waals surface area contributed by atoms with E-state index in [-0.39, 0.29) is 0 Å². The summed E-state index contributed by atoms with van der Waals surface area (Å²) < 4.78 is 5.14. The van der Waals surface area contributed by atoms with Crippen molar-refractivity contribution in [1.29, 1.82) is 0 Å². The van der Waals surface area contributed by atoms with E-state index in [0.717, 1.165) is 13.0 Å². The van der Waals surface area contributed by atoms with Crippen LogP contribution in [0.25, 0.3) is 0 Å². The van der Waals surface area contributed by atoms with Gasteiger partial charge in [0.15, 0.2) is 0 Å². The van der Waals surface area contributed by atoms with E-state index >= 15 is 0 Å². The zero-order chi connectivity index (χ0) is 7.45. The molecule has 0 aromatic heterocycles. The maximum atomic E-state index is 9.54. The van der Waals surface area contributed by atoms with Gasteiger partial charge in [-0.05, 0) is 12.8 Å². The van der Waals surface area contributed by atoms with Gasteiger partial charge in [-0.3, -0.25) is 0 Å². The molecule has 0 aromatic rings. The van der Waals surface area contributed by atoms with Crippen molar-refractivity contribution in [3.05, 3.63) is 0 Å². The van der Waals surface area contributed by atoms with Crippen molar-refractivity contribution >= 4 is 0 Å². The molecule has 0 amide bonds. The van der Waals surface area contributed by atoms with E-state index in [2.05, 4.69) is 5.92 Å². The standard InChI is InChI=1S/C8H12O2/c1-2-8(9)4-3-6-10-7-5-8/h1,9H,3-7H2. The van der Waals surface area contributed by atoms with E-state index in [0.29, 0.717) is 19.4 Å². The Labute approximate surface area is 61.2 Å². The molecule has 0 aliphatic carbocycles. The smallest absolute Gasteiger partial charge is 0.127 e. The molecular weight excluding hydrogens is 128 g/mol. The number of hydrogen-bond donors (Lipinski definition) is 1. The minimum atomic E-state index is -0.892. The van der Waals surface area contributed by atoms with E-state index in [1.54, 1.807) is 0 Å². The highest BCUT2D eigenvalue weighted by Crippen LogP contribution is 2.19. The minimum Gasteiger partial charge on any atom is -0.381 e. The zero-order valence-corrected chi connectivity index (χ0v) is 5.97. The van der Waals surface area contributed by atoms with E-state index < -0.39 is 5.60 Å². The predicted molar refractivity (Wildman–Crippen MR) is 38.5 cm³/mol. The largest absolute Gasteiger partial charge is 0.381 e. The molecule has 2 nitrogen and oxygen atoms in total. The Balaban J connectivity index is 2.51. The molecule has 0 aromatic carbocycles. The van der Waals surface area contributed by atoms with Crippen molar-refractivity contribution in [2.45, 2.75) is 24.9 Å². The van der Waals surface area contributed by atoms with Gasteiger partial charge in [0.25, 0.3) is 0 Å². The average Bonchev–Trinajstić information content (AvgIpc) is 2.15.